The molecule has 0 spiro atoms. The van der Waals surface area contributed by atoms with Crippen molar-refractivity contribution in [3.63, 3.8) is 0 Å². The highest BCUT2D eigenvalue weighted by atomic mass is 16.3. The number of rotatable bonds is 4. The van der Waals surface area contributed by atoms with E-state index in [9.17, 15) is 14.7 Å². The van der Waals surface area contributed by atoms with Crippen molar-refractivity contribution in [2.75, 3.05) is 0 Å². The number of carbonyl (C=O) groups is 2. The van der Waals surface area contributed by atoms with Gasteiger partial charge in [0, 0.05) is 0 Å². The number of carbonyl (C=O) groups excluding carboxylic acids is 2. The molecular weight excluding hydrogens is 208 g/mol. The molecule has 0 aliphatic rings. The molecule has 1 atom stereocenters. The zero-order chi connectivity index (χ0) is 12.1. The number of phenolic OH excluding ortho intramolecular Hbond substituents is 1. The van der Waals surface area contributed by atoms with Crippen LogP contribution in [0.25, 0.3) is 0 Å². The summed E-state index contributed by atoms with van der Waals surface area (Å²) in [4.78, 5) is 22.1. The first kappa shape index (κ1) is 12.0. The average molecular weight is 222 g/mol. The maximum Gasteiger partial charge on any atom is 0.239 e. The van der Waals surface area contributed by atoms with E-state index in [2.05, 4.69) is 5.32 Å². The fourth-order valence-corrected chi connectivity index (χ4v) is 1.22. The Hall–Kier alpha value is -2.04. The standard InChI is InChI=1S/C11H14N2O3/c1-7(11(12)16)13-10(15)6-8-3-2-4-9(14)5-8/h2-5,7,14H,6H2,1H3,(H2,12,16)(H,13,15). The van der Waals surface area contributed by atoms with Crippen molar-refractivity contribution < 1.29 is 14.7 Å². The molecule has 1 aromatic carbocycles. The smallest absolute Gasteiger partial charge is 0.239 e. The molecule has 0 saturated carbocycles. The molecule has 1 rings (SSSR count). The van der Waals surface area contributed by atoms with Crippen LogP contribution in [0, 0.1) is 0 Å². The van der Waals surface area contributed by atoms with E-state index >= 15 is 0 Å². The molecule has 0 saturated heterocycles. The molecule has 1 unspecified atom stereocenters. The second-order valence-electron chi connectivity index (χ2n) is 3.54. The van der Waals surface area contributed by atoms with Gasteiger partial charge in [0.25, 0.3) is 0 Å². The van der Waals surface area contributed by atoms with Gasteiger partial charge in [0.1, 0.15) is 11.8 Å². The molecule has 5 heteroatoms. The summed E-state index contributed by atoms with van der Waals surface area (Å²) >= 11 is 0. The Bertz CT molecular complexity index is 404. The Balaban J connectivity index is 2.55. The second-order valence-corrected chi connectivity index (χ2v) is 3.54. The Kier molecular flexibility index (Phi) is 3.88. The first-order valence-electron chi connectivity index (χ1n) is 4.85. The van der Waals surface area contributed by atoms with Gasteiger partial charge in [-0.3, -0.25) is 9.59 Å². The van der Waals surface area contributed by atoms with E-state index in [4.69, 9.17) is 5.73 Å². The number of hydrogen-bond acceptors (Lipinski definition) is 3. The third-order valence-electron chi connectivity index (χ3n) is 2.08. The lowest BCUT2D eigenvalue weighted by molar-refractivity contribution is -0.126. The van der Waals surface area contributed by atoms with Crippen LogP contribution in [0.4, 0.5) is 0 Å². The van der Waals surface area contributed by atoms with E-state index < -0.39 is 11.9 Å². The molecule has 0 aromatic heterocycles. The molecule has 86 valence electrons. The van der Waals surface area contributed by atoms with Gasteiger partial charge in [-0.15, -0.1) is 0 Å². The molecule has 0 aliphatic heterocycles. The van der Waals surface area contributed by atoms with Crippen LogP contribution in [0.5, 0.6) is 5.75 Å². The number of aromatic hydroxyl groups is 1. The summed E-state index contributed by atoms with van der Waals surface area (Å²) in [5.74, 6) is -0.783. The van der Waals surface area contributed by atoms with Crippen molar-refractivity contribution in [3.05, 3.63) is 29.8 Å². The Morgan fingerprint density at radius 1 is 1.50 bits per heavy atom. The predicted molar refractivity (Wildman–Crippen MR) is 58.6 cm³/mol. The van der Waals surface area contributed by atoms with Crippen LogP contribution in [-0.4, -0.2) is 23.0 Å². The molecule has 0 radical (unpaired) electrons. The van der Waals surface area contributed by atoms with Crippen LogP contribution in [0.2, 0.25) is 0 Å². The van der Waals surface area contributed by atoms with Crippen LogP contribution in [0.1, 0.15) is 12.5 Å². The summed E-state index contributed by atoms with van der Waals surface area (Å²) in [6, 6.07) is 5.69. The summed E-state index contributed by atoms with van der Waals surface area (Å²) in [5, 5.41) is 11.6. The van der Waals surface area contributed by atoms with E-state index in [0.717, 1.165) is 0 Å². The highest BCUT2D eigenvalue weighted by molar-refractivity contribution is 5.87. The number of amides is 2. The number of nitrogens with two attached hydrogens (primary N) is 1. The van der Waals surface area contributed by atoms with E-state index in [0.29, 0.717) is 5.56 Å². The highest BCUT2D eigenvalue weighted by Gasteiger charge is 2.12. The number of benzene rings is 1. The van der Waals surface area contributed by atoms with Crippen LogP contribution < -0.4 is 11.1 Å². The number of hydrogen-bond donors (Lipinski definition) is 3. The minimum Gasteiger partial charge on any atom is -0.508 e. The van der Waals surface area contributed by atoms with Crippen LogP contribution in [0.15, 0.2) is 24.3 Å². The van der Waals surface area contributed by atoms with Gasteiger partial charge < -0.3 is 16.2 Å². The highest BCUT2D eigenvalue weighted by Crippen LogP contribution is 2.11. The molecule has 5 nitrogen and oxygen atoms in total. The maximum absolute atomic E-state index is 11.4. The molecule has 0 bridgehead atoms. The van der Waals surface area contributed by atoms with Crippen LogP contribution in [0.3, 0.4) is 0 Å². The van der Waals surface area contributed by atoms with Gasteiger partial charge >= 0.3 is 0 Å². The number of phenols is 1. The summed E-state index contributed by atoms with van der Waals surface area (Å²) in [6.45, 7) is 1.52. The van der Waals surface area contributed by atoms with E-state index in [1.54, 1.807) is 12.1 Å². The summed E-state index contributed by atoms with van der Waals surface area (Å²) in [6.07, 6.45) is 0.103. The van der Waals surface area contributed by atoms with Crippen LogP contribution >= 0.6 is 0 Å². The predicted octanol–water partition coefficient (Wildman–Crippen LogP) is -0.0753. The van der Waals surface area contributed by atoms with Crippen molar-refractivity contribution in [1.82, 2.24) is 5.32 Å². The van der Waals surface area contributed by atoms with Crippen molar-refractivity contribution >= 4 is 11.8 Å². The van der Waals surface area contributed by atoms with E-state index in [1.807, 2.05) is 0 Å². The zero-order valence-electron chi connectivity index (χ0n) is 8.93. The van der Waals surface area contributed by atoms with Crippen molar-refractivity contribution in [3.8, 4) is 5.75 Å². The topological polar surface area (TPSA) is 92.4 Å². The number of nitrogens with one attached hydrogen (secondary N) is 1. The first-order chi connectivity index (χ1) is 7.49. The third-order valence-corrected chi connectivity index (χ3v) is 2.08. The lowest BCUT2D eigenvalue weighted by Crippen LogP contribution is -2.42. The Morgan fingerprint density at radius 3 is 2.75 bits per heavy atom. The quantitative estimate of drug-likeness (QED) is 0.665. The molecular formula is C11H14N2O3. The van der Waals surface area contributed by atoms with Gasteiger partial charge in [0.15, 0.2) is 0 Å². The van der Waals surface area contributed by atoms with E-state index in [1.165, 1.54) is 19.1 Å². The van der Waals surface area contributed by atoms with Gasteiger partial charge in [0.2, 0.25) is 11.8 Å². The SMILES string of the molecule is CC(NC(=O)Cc1cccc(O)c1)C(N)=O. The molecule has 0 aliphatic carbocycles. The molecule has 4 N–H and O–H groups in total. The summed E-state index contributed by atoms with van der Waals surface area (Å²) < 4.78 is 0. The Labute approximate surface area is 93.3 Å². The van der Waals surface area contributed by atoms with Crippen LogP contribution in [-0.2, 0) is 16.0 Å². The largest absolute Gasteiger partial charge is 0.508 e. The fourth-order valence-electron chi connectivity index (χ4n) is 1.22. The summed E-state index contributed by atoms with van der Waals surface area (Å²) in [5.41, 5.74) is 5.68. The molecule has 16 heavy (non-hydrogen) atoms. The number of primary amides is 1. The Morgan fingerprint density at radius 2 is 2.19 bits per heavy atom. The van der Waals surface area contributed by atoms with Gasteiger partial charge in [-0.25, -0.2) is 0 Å². The fraction of sp³-hybridized carbons (Fsp3) is 0.273. The molecule has 0 heterocycles. The van der Waals surface area contributed by atoms with Gasteiger partial charge in [-0.1, -0.05) is 12.1 Å². The summed E-state index contributed by atoms with van der Waals surface area (Å²) in [7, 11) is 0. The van der Waals surface area contributed by atoms with Crippen molar-refractivity contribution in [1.29, 1.82) is 0 Å². The lowest BCUT2D eigenvalue weighted by atomic mass is 10.1. The van der Waals surface area contributed by atoms with Gasteiger partial charge in [-0.2, -0.15) is 0 Å². The lowest BCUT2D eigenvalue weighted by Gasteiger charge is -2.09. The van der Waals surface area contributed by atoms with Crippen molar-refractivity contribution in [2.45, 2.75) is 19.4 Å². The second kappa shape index (κ2) is 5.16. The normalized spacial score (nSPS) is 11.8. The molecule has 0 fully saturated rings. The minimum absolute atomic E-state index is 0.103. The third kappa shape index (κ3) is 3.61. The molecule has 1 aromatic rings. The van der Waals surface area contributed by atoms with E-state index in [-0.39, 0.29) is 18.1 Å². The van der Waals surface area contributed by atoms with Crippen molar-refractivity contribution in [2.24, 2.45) is 5.73 Å². The average Bonchev–Trinajstić information content (AvgIpc) is 2.16. The van der Waals surface area contributed by atoms with Gasteiger partial charge in [-0.05, 0) is 24.6 Å². The minimum atomic E-state index is -0.690. The monoisotopic (exact) mass is 222 g/mol. The maximum atomic E-state index is 11.4. The van der Waals surface area contributed by atoms with Gasteiger partial charge in [0.05, 0.1) is 6.42 Å². The molecule has 2 amide bonds. The zero-order valence-corrected chi connectivity index (χ0v) is 8.93. The first-order valence-corrected chi connectivity index (χ1v) is 4.85.